The lowest BCUT2D eigenvalue weighted by Crippen LogP contribution is -2.51. The SMILES string of the molecule is CCNC(CSCC1CCCO1)(C(=O)O)c1ccccc1. The molecule has 1 aromatic carbocycles. The van der Waals surface area contributed by atoms with E-state index in [-0.39, 0.29) is 6.10 Å². The Morgan fingerprint density at radius 1 is 1.48 bits per heavy atom. The van der Waals surface area contributed by atoms with E-state index in [1.54, 1.807) is 11.8 Å². The summed E-state index contributed by atoms with van der Waals surface area (Å²) in [5, 5.41) is 13.0. The van der Waals surface area contributed by atoms with Crippen molar-refractivity contribution in [2.24, 2.45) is 0 Å². The van der Waals surface area contributed by atoms with Gasteiger partial charge in [-0.2, -0.15) is 11.8 Å². The molecule has 1 aliphatic heterocycles. The summed E-state index contributed by atoms with van der Waals surface area (Å²) in [7, 11) is 0. The van der Waals surface area contributed by atoms with E-state index in [1.165, 1.54) is 0 Å². The Morgan fingerprint density at radius 2 is 2.24 bits per heavy atom. The predicted molar refractivity (Wildman–Crippen MR) is 85.7 cm³/mol. The van der Waals surface area contributed by atoms with Gasteiger partial charge < -0.3 is 9.84 Å². The molecule has 0 aromatic heterocycles. The van der Waals surface area contributed by atoms with Crippen molar-refractivity contribution in [3.63, 3.8) is 0 Å². The van der Waals surface area contributed by atoms with Crippen LogP contribution >= 0.6 is 11.8 Å². The highest BCUT2D eigenvalue weighted by Crippen LogP contribution is 2.28. The fraction of sp³-hybridized carbons (Fsp3) is 0.562. The zero-order valence-electron chi connectivity index (χ0n) is 12.4. The van der Waals surface area contributed by atoms with Gasteiger partial charge in [-0.25, -0.2) is 4.79 Å². The van der Waals surface area contributed by atoms with Crippen molar-refractivity contribution in [1.82, 2.24) is 5.32 Å². The zero-order chi connectivity index (χ0) is 15.1. The van der Waals surface area contributed by atoms with Crippen LogP contribution in [0.15, 0.2) is 30.3 Å². The first kappa shape index (κ1) is 16.3. The molecule has 116 valence electrons. The fourth-order valence-electron chi connectivity index (χ4n) is 2.64. The summed E-state index contributed by atoms with van der Waals surface area (Å²) in [6.45, 7) is 3.38. The molecule has 0 spiro atoms. The standard InChI is InChI=1S/C16H23NO3S/c1-2-17-16(15(18)19,13-7-4-3-5-8-13)12-21-11-14-9-6-10-20-14/h3-5,7-8,14,17H,2,6,9-12H2,1H3,(H,18,19). The van der Waals surface area contributed by atoms with Crippen molar-refractivity contribution in [2.75, 3.05) is 24.7 Å². The fourth-order valence-corrected chi connectivity index (χ4v) is 3.98. The predicted octanol–water partition coefficient (Wildman–Crippen LogP) is 2.49. The van der Waals surface area contributed by atoms with Gasteiger partial charge in [-0.15, -0.1) is 0 Å². The highest BCUT2D eigenvalue weighted by atomic mass is 32.2. The number of nitrogens with one attached hydrogen (secondary N) is 1. The number of hydrogen-bond donors (Lipinski definition) is 2. The van der Waals surface area contributed by atoms with Crippen LogP contribution in [0.4, 0.5) is 0 Å². The summed E-state index contributed by atoms with van der Waals surface area (Å²) >= 11 is 1.65. The van der Waals surface area contributed by atoms with Crippen molar-refractivity contribution in [1.29, 1.82) is 0 Å². The van der Waals surface area contributed by atoms with E-state index >= 15 is 0 Å². The van der Waals surface area contributed by atoms with Gasteiger partial charge in [0.25, 0.3) is 0 Å². The van der Waals surface area contributed by atoms with Crippen LogP contribution in [0.1, 0.15) is 25.3 Å². The quantitative estimate of drug-likeness (QED) is 0.772. The summed E-state index contributed by atoms with van der Waals surface area (Å²) in [5.74, 6) is 0.531. The lowest BCUT2D eigenvalue weighted by atomic mass is 9.92. The molecule has 0 saturated carbocycles. The first-order valence-electron chi connectivity index (χ1n) is 7.42. The Kier molecular flexibility index (Phi) is 6.08. The molecule has 1 aliphatic rings. The second-order valence-corrected chi connectivity index (χ2v) is 6.29. The van der Waals surface area contributed by atoms with E-state index in [1.807, 2.05) is 37.3 Å². The van der Waals surface area contributed by atoms with Gasteiger partial charge >= 0.3 is 5.97 Å². The van der Waals surface area contributed by atoms with Crippen LogP contribution in [0.2, 0.25) is 0 Å². The molecule has 0 aliphatic carbocycles. The minimum Gasteiger partial charge on any atom is -0.480 e. The Labute approximate surface area is 130 Å². The molecule has 2 atom stereocenters. The first-order valence-corrected chi connectivity index (χ1v) is 8.58. The van der Waals surface area contributed by atoms with Crippen molar-refractivity contribution in [3.8, 4) is 0 Å². The van der Waals surface area contributed by atoms with Crippen LogP contribution in [0.25, 0.3) is 0 Å². The summed E-state index contributed by atoms with van der Waals surface area (Å²) in [5.41, 5.74) is -0.224. The first-order chi connectivity index (χ1) is 10.2. The molecule has 5 heteroatoms. The molecular weight excluding hydrogens is 286 g/mol. The van der Waals surface area contributed by atoms with Crippen molar-refractivity contribution < 1.29 is 14.6 Å². The topological polar surface area (TPSA) is 58.6 Å². The number of carbonyl (C=O) groups is 1. The van der Waals surface area contributed by atoms with Gasteiger partial charge in [-0.3, -0.25) is 5.32 Å². The Bertz CT molecular complexity index is 448. The van der Waals surface area contributed by atoms with E-state index in [4.69, 9.17) is 4.74 Å². The average Bonchev–Trinajstić information content (AvgIpc) is 3.00. The van der Waals surface area contributed by atoms with Crippen LogP contribution in [0.5, 0.6) is 0 Å². The maximum atomic E-state index is 11.9. The normalized spacial score (nSPS) is 21.1. The molecule has 2 rings (SSSR count). The summed E-state index contributed by atoms with van der Waals surface area (Å²) < 4.78 is 5.61. The minimum absolute atomic E-state index is 0.277. The lowest BCUT2D eigenvalue weighted by molar-refractivity contribution is -0.144. The Balaban J connectivity index is 2.09. The van der Waals surface area contributed by atoms with Gasteiger partial charge in [-0.05, 0) is 24.9 Å². The van der Waals surface area contributed by atoms with Gasteiger partial charge in [0.05, 0.1) is 6.10 Å². The van der Waals surface area contributed by atoms with Crippen molar-refractivity contribution >= 4 is 17.7 Å². The van der Waals surface area contributed by atoms with Crippen LogP contribution in [-0.4, -0.2) is 41.8 Å². The number of rotatable bonds is 8. The molecule has 0 bridgehead atoms. The Morgan fingerprint density at radius 3 is 2.81 bits per heavy atom. The van der Waals surface area contributed by atoms with E-state index in [0.29, 0.717) is 12.3 Å². The Hall–Kier alpha value is -1.04. The molecule has 1 saturated heterocycles. The van der Waals surface area contributed by atoms with Crippen molar-refractivity contribution in [2.45, 2.75) is 31.4 Å². The average molecular weight is 309 g/mol. The maximum Gasteiger partial charge on any atom is 0.329 e. The van der Waals surface area contributed by atoms with E-state index in [0.717, 1.165) is 30.8 Å². The smallest absolute Gasteiger partial charge is 0.329 e. The molecule has 2 N–H and O–H groups in total. The molecule has 2 unspecified atom stereocenters. The number of thioether (sulfide) groups is 1. The third-order valence-electron chi connectivity index (χ3n) is 3.76. The molecule has 0 amide bonds. The van der Waals surface area contributed by atoms with Crippen LogP contribution in [0.3, 0.4) is 0 Å². The van der Waals surface area contributed by atoms with Gasteiger partial charge in [0.2, 0.25) is 0 Å². The second-order valence-electron chi connectivity index (χ2n) is 5.26. The summed E-state index contributed by atoms with van der Waals surface area (Å²) in [6, 6.07) is 9.43. The van der Waals surface area contributed by atoms with Gasteiger partial charge in [-0.1, -0.05) is 37.3 Å². The molecule has 1 aromatic rings. The molecule has 1 fully saturated rings. The lowest BCUT2D eigenvalue weighted by Gasteiger charge is -2.31. The van der Waals surface area contributed by atoms with E-state index in [9.17, 15) is 9.90 Å². The molecule has 0 radical (unpaired) electrons. The number of carboxylic acid groups (broad SMARTS) is 1. The van der Waals surface area contributed by atoms with E-state index < -0.39 is 11.5 Å². The summed E-state index contributed by atoms with van der Waals surface area (Å²) in [6.07, 6.45) is 2.47. The van der Waals surface area contributed by atoms with Crippen LogP contribution in [-0.2, 0) is 15.1 Å². The van der Waals surface area contributed by atoms with Crippen LogP contribution in [0, 0.1) is 0 Å². The number of hydrogen-bond acceptors (Lipinski definition) is 4. The zero-order valence-corrected chi connectivity index (χ0v) is 13.2. The molecule has 21 heavy (non-hydrogen) atoms. The van der Waals surface area contributed by atoms with Gasteiger partial charge in [0, 0.05) is 18.1 Å². The van der Waals surface area contributed by atoms with Gasteiger partial charge in [0.15, 0.2) is 5.54 Å². The molecule has 4 nitrogen and oxygen atoms in total. The number of ether oxygens (including phenoxy) is 1. The highest BCUT2D eigenvalue weighted by Gasteiger charge is 2.39. The second kappa shape index (κ2) is 7.82. The van der Waals surface area contributed by atoms with Gasteiger partial charge in [0.1, 0.15) is 0 Å². The number of carboxylic acids is 1. The third-order valence-corrected chi connectivity index (χ3v) is 5.00. The van der Waals surface area contributed by atoms with E-state index in [2.05, 4.69) is 5.32 Å². The molecular formula is C16H23NO3S. The number of likely N-dealkylation sites (N-methyl/N-ethyl adjacent to an activating group) is 1. The largest absolute Gasteiger partial charge is 0.480 e. The monoisotopic (exact) mass is 309 g/mol. The highest BCUT2D eigenvalue weighted by molar-refractivity contribution is 7.99. The van der Waals surface area contributed by atoms with Crippen molar-refractivity contribution in [3.05, 3.63) is 35.9 Å². The number of benzene rings is 1. The maximum absolute atomic E-state index is 11.9. The van der Waals surface area contributed by atoms with Crippen LogP contribution < -0.4 is 5.32 Å². The molecule has 1 heterocycles. The number of aliphatic carboxylic acids is 1. The summed E-state index contributed by atoms with van der Waals surface area (Å²) in [4.78, 5) is 11.9. The minimum atomic E-state index is -1.03. The third kappa shape index (κ3) is 3.99.